The van der Waals surface area contributed by atoms with Crippen molar-refractivity contribution in [2.75, 3.05) is 13.1 Å². The van der Waals surface area contributed by atoms with Crippen molar-refractivity contribution in [3.05, 3.63) is 65.2 Å². The normalized spacial score (nSPS) is 14.1. The van der Waals surface area contributed by atoms with Crippen LogP contribution < -0.4 is 0 Å². The van der Waals surface area contributed by atoms with Gasteiger partial charge < -0.3 is 14.4 Å². The molecule has 1 aliphatic rings. The number of nitrogens with zero attached hydrogens (tertiary/aromatic N) is 2. The van der Waals surface area contributed by atoms with E-state index in [-0.39, 0.29) is 12.1 Å². The molecule has 3 rings (SSSR count). The predicted molar refractivity (Wildman–Crippen MR) is 132 cm³/mol. The molecule has 0 aliphatic carbocycles. The van der Waals surface area contributed by atoms with Gasteiger partial charge in [-0.2, -0.15) is 5.26 Å². The molecular weight excluding hydrogens is 428 g/mol. The van der Waals surface area contributed by atoms with Gasteiger partial charge in [-0.25, -0.2) is 9.59 Å². The molecule has 1 heterocycles. The number of rotatable bonds is 3. The lowest BCUT2D eigenvalue weighted by atomic mass is 9.91. The molecule has 2 aromatic rings. The molecule has 0 atom stereocenters. The highest BCUT2D eigenvalue weighted by Gasteiger charge is 2.27. The van der Waals surface area contributed by atoms with Crippen LogP contribution >= 0.6 is 0 Å². The van der Waals surface area contributed by atoms with Crippen LogP contribution in [0.4, 0.5) is 4.79 Å². The molecule has 0 radical (unpaired) electrons. The Hall–Kier alpha value is -3.59. The van der Waals surface area contributed by atoms with Gasteiger partial charge in [-0.05, 0) is 94.5 Å². The average molecular weight is 461 g/mol. The maximum Gasteiger partial charge on any atom is 0.410 e. The van der Waals surface area contributed by atoms with Gasteiger partial charge in [0, 0.05) is 13.1 Å². The van der Waals surface area contributed by atoms with Crippen LogP contribution in [-0.2, 0) is 9.47 Å². The Kier molecular flexibility index (Phi) is 7.16. The zero-order chi connectivity index (χ0) is 25.1. The van der Waals surface area contributed by atoms with Gasteiger partial charge in [0.15, 0.2) is 0 Å². The zero-order valence-electron chi connectivity index (χ0n) is 20.8. The van der Waals surface area contributed by atoms with Crippen molar-refractivity contribution < 1.29 is 19.1 Å². The van der Waals surface area contributed by atoms with Crippen molar-refractivity contribution in [3.8, 4) is 17.2 Å². The minimum absolute atomic E-state index is 0.346. The number of esters is 1. The van der Waals surface area contributed by atoms with Crippen LogP contribution in [0, 0.1) is 11.3 Å². The van der Waals surface area contributed by atoms with Crippen molar-refractivity contribution in [2.24, 2.45) is 0 Å². The summed E-state index contributed by atoms with van der Waals surface area (Å²) in [6.45, 7) is 12.0. The smallest absolute Gasteiger partial charge is 0.410 e. The van der Waals surface area contributed by atoms with Gasteiger partial charge in [0.2, 0.25) is 0 Å². The third-order valence-electron chi connectivity index (χ3n) is 5.19. The van der Waals surface area contributed by atoms with Gasteiger partial charge in [0.1, 0.15) is 11.2 Å². The minimum atomic E-state index is -0.616. The Bertz CT molecular complexity index is 1140. The van der Waals surface area contributed by atoms with E-state index >= 15 is 0 Å². The van der Waals surface area contributed by atoms with E-state index in [1.807, 2.05) is 71.9 Å². The van der Waals surface area contributed by atoms with Gasteiger partial charge in [-0.3, -0.25) is 0 Å². The Balaban J connectivity index is 1.96. The summed E-state index contributed by atoms with van der Waals surface area (Å²) in [7, 11) is 0. The van der Waals surface area contributed by atoms with Gasteiger partial charge in [-0.1, -0.05) is 24.3 Å². The monoisotopic (exact) mass is 460 g/mol. The van der Waals surface area contributed by atoms with E-state index < -0.39 is 11.2 Å². The van der Waals surface area contributed by atoms with Gasteiger partial charge in [0.25, 0.3) is 0 Å². The Morgan fingerprint density at radius 3 is 2.06 bits per heavy atom. The third kappa shape index (κ3) is 6.48. The second-order valence-electron chi connectivity index (χ2n) is 10.4. The summed E-state index contributed by atoms with van der Waals surface area (Å²) in [5.74, 6) is -0.385. The van der Waals surface area contributed by atoms with Crippen molar-refractivity contribution in [2.45, 2.75) is 59.2 Å². The molecule has 6 nitrogen and oxygen atoms in total. The fourth-order valence-corrected chi connectivity index (χ4v) is 3.64. The average Bonchev–Trinajstić information content (AvgIpc) is 2.76. The van der Waals surface area contributed by atoms with Crippen LogP contribution in [0.25, 0.3) is 16.7 Å². The molecule has 2 aromatic carbocycles. The first-order valence-corrected chi connectivity index (χ1v) is 11.4. The van der Waals surface area contributed by atoms with E-state index in [1.54, 1.807) is 23.1 Å². The molecule has 0 unspecified atom stereocenters. The van der Waals surface area contributed by atoms with Crippen molar-refractivity contribution in [1.82, 2.24) is 4.90 Å². The largest absolute Gasteiger partial charge is 0.456 e. The van der Waals surface area contributed by atoms with Crippen molar-refractivity contribution in [3.63, 3.8) is 0 Å². The molecule has 0 aromatic heterocycles. The third-order valence-corrected chi connectivity index (χ3v) is 5.19. The highest BCUT2D eigenvalue weighted by atomic mass is 16.6. The highest BCUT2D eigenvalue weighted by Crippen LogP contribution is 2.32. The first kappa shape index (κ1) is 25.0. The van der Waals surface area contributed by atoms with Crippen LogP contribution in [0.2, 0.25) is 0 Å². The quantitative estimate of drug-likeness (QED) is 0.509. The number of hydrogen-bond donors (Lipinski definition) is 0. The first-order chi connectivity index (χ1) is 15.9. The van der Waals surface area contributed by atoms with Gasteiger partial charge >= 0.3 is 12.1 Å². The van der Waals surface area contributed by atoms with E-state index in [0.29, 0.717) is 30.6 Å². The molecule has 0 saturated heterocycles. The molecule has 34 heavy (non-hydrogen) atoms. The van der Waals surface area contributed by atoms with E-state index in [9.17, 15) is 9.59 Å². The van der Waals surface area contributed by atoms with Gasteiger partial charge in [0.05, 0.1) is 17.2 Å². The van der Waals surface area contributed by atoms with Crippen LogP contribution in [-0.4, -0.2) is 41.3 Å². The number of benzene rings is 2. The number of nitriles is 1. The van der Waals surface area contributed by atoms with E-state index in [4.69, 9.17) is 14.7 Å². The fourth-order valence-electron chi connectivity index (χ4n) is 3.64. The zero-order valence-corrected chi connectivity index (χ0v) is 20.8. The number of hydrogen-bond acceptors (Lipinski definition) is 5. The summed E-state index contributed by atoms with van der Waals surface area (Å²) in [5.41, 5.74) is 3.56. The summed E-state index contributed by atoms with van der Waals surface area (Å²) in [6.07, 6.45) is 2.21. The van der Waals surface area contributed by atoms with E-state index in [0.717, 1.165) is 22.3 Å². The molecule has 0 spiro atoms. The predicted octanol–water partition coefficient (Wildman–Crippen LogP) is 6.20. The standard InChI is InChI=1S/C28H32N2O4/c1-27(2,3)33-25(31)23-12-11-22(20-9-7-19(18-29)8-10-20)17-24(23)21-13-15-30(16-14-21)26(32)34-28(4,5)6/h7-13,17H,14-16H2,1-6H3. The summed E-state index contributed by atoms with van der Waals surface area (Å²) in [4.78, 5) is 27.1. The van der Waals surface area contributed by atoms with Gasteiger partial charge in [-0.15, -0.1) is 0 Å². The summed E-state index contributed by atoms with van der Waals surface area (Å²) in [6, 6.07) is 15.1. The number of carbonyl (C=O) groups excluding carboxylic acids is 2. The molecular formula is C28H32N2O4. The topological polar surface area (TPSA) is 79.6 Å². The van der Waals surface area contributed by atoms with Crippen molar-refractivity contribution in [1.29, 1.82) is 5.26 Å². The minimum Gasteiger partial charge on any atom is -0.456 e. The molecule has 0 N–H and O–H groups in total. The van der Waals surface area contributed by atoms with Crippen LogP contribution in [0.15, 0.2) is 48.5 Å². The summed E-state index contributed by atoms with van der Waals surface area (Å²) in [5, 5.41) is 9.08. The van der Waals surface area contributed by atoms with Crippen LogP contribution in [0.1, 0.15) is 69.4 Å². The number of ether oxygens (including phenoxy) is 2. The Labute approximate surface area is 201 Å². The van der Waals surface area contributed by atoms with Crippen LogP contribution in [0.3, 0.4) is 0 Å². The van der Waals surface area contributed by atoms with Crippen LogP contribution in [0.5, 0.6) is 0 Å². The molecule has 0 saturated carbocycles. The second kappa shape index (κ2) is 9.72. The fraction of sp³-hybridized carbons (Fsp3) is 0.393. The Morgan fingerprint density at radius 1 is 0.912 bits per heavy atom. The lowest BCUT2D eigenvalue weighted by Gasteiger charge is -2.30. The molecule has 6 heteroatoms. The van der Waals surface area contributed by atoms with E-state index in [1.165, 1.54) is 0 Å². The summed E-state index contributed by atoms with van der Waals surface area (Å²) >= 11 is 0. The summed E-state index contributed by atoms with van der Waals surface area (Å²) < 4.78 is 11.2. The highest BCUT2D eigenvalue weighted by molar-refractivity contribution is 5.97. The van der Waals surface area contributed by atoms with Crippen molar-refractivity contribution >= 4 is 17.6 Å². The SMILES string of the molecule is CC(C)(C)OC(=O)c1ccc(-c2ccc(C#N)cc2)cc1C1=CCN(C(=O)OC(C)(C)C)CC1. The maximum atomic E-state index is 13.0. The molecule has 0 fully saturated rings. The molecule has 1 aliphatic heterocycles. The molecule has 0 bridgehead atoms. The molecule has 1 amide bonds. The number of carbonyl (C=O) groups is 2. The maximum absolute atomic E-state index is 13.0. The second-order valence-corrected chi connectivity index (χ2v) is 10.4. The first-order valence-electron chi connectivity index (χ1n) is 11.4. The lowest BCUT2D eigenvalue weighted by Crippen LogP contribution is -2.39. The number of amides is 1. The Morgan fingerprint density at radius 2 is 1.53 bits per heavy atom. The van der Waals surface area contributed by atoms with E-state index in [2.05, 4.69) is 6.07 Å². The lowest BCUT2D eigenvalue weighted by molar-refractivity contribution is 0.00681. The molecule has 178 valence electrons.